The van der Waals surface area contributed by atoms with Crippen molar-refractivity contribution in [2.75, 3.05) is 5.73 Å². The van der Waals surface area contributed by atoms with Gasteiger partial charge in [-0.05, 0) is 18.6 Å². The molecule has 2 N–H and O–H groups in total. The molecule has 108 valence electrons. The second-order valence-corrected chi connectivity index (χ2v) is 5.17. The number of halogens is 2. The Kier molecular flexibility index (Phi) is 4.06. The quantitative estimate of drug-likeness (QED) is 0.921. The van der Waals surface area contributed by atoms with Crippen LogP contribution in [0.25, 0.3) is 11.3 Å². The summed E-state index contributed by atoms with van der Waals surface area (Å²) in [5.41, 5.74) is 6.93. The Morgan fingerprint density at radius 2 is 1.80 bits per heavy atom. The molecule has 20 heavy (non-hydrogen) atoms. The third-order valence-corrected chi connectivity index (χ3v) is 3.14. The number of aromatic nitrogens is 2. The van der Waals surface area contributed by atoms with E-state index in [-0.39, 0.29) is 5.92 Å². The average Bonchev–Trinajstić information content (AvgIpc) is 2.67. The Hall–Kier alpha value is -1.91. The first-order valence-electron chi connectivity index (χ1n) is 6.76. The average molecular weight is 279 g/mol. The summed E-state index contributed by atoms with van der Waals surface area (Å²) in [6, 6.07) is 3.34. The molecule has 2 aromatic rings. The monoisotopic (exact) mass is 279 g/mol. The predicted molar refractivity (Wildman–Crippen MR) is 76.4 cm³/mol. The summed E-state index contributed by atoms with van der Waals surface area (Å²) in [7, 11) is 0. The van der Waals surface area contributed by atoms with Crippen molar-refractivity contribution >= 4 is 5.82 Å². The number of nitrogen functional groups attached to an aromatic ring is 1. The molecular formula is C15H19F2N3. The maximum absolute atomic E-state index is 13.3. The van der Waals surface area contributed by atoms with Gasteiger partial charge in [-0.1, -0.05) is 20.8 Å². The summed E-state index contributed by atoms with van der Waals surface area (Å²) < 4.78 is 28.6. The number of hydrogen-bond donors (Lipinski definition) is 1. The van der Waals surface area contributed by atoms with Crippen LogP contribution in [0.5, 0.6) is 0 Å². The normalized spacial score (nSPS) is 11.3. The smallest absolute Gasteiger partial charge is 0.131 e. The van der Waals surface area contributed by atoms with Crippen LogP contribution in [0, 0.1) is 11.6 Å². The topological polar surface area (TPSA) is 43.8 Å². The molecule has 0 aliphatic carbocycles. The van der Waals surface area contributed by atoms with Crippen molar-refractivity contribution in [1.29, 1.82) is 0 Å². The molecule has 5 heteroatoms. The standard InChI is InChI=1S/C15H19F2N3/c1-4-5-20-14(18)13(19-15(20)9(2)3)10-6-11(16)8-12(17)7-10/h6-9H,4-5,18H2,1-3H3. The Labute approximate surface area is 117 Å². The van der Waals surface area contributed by atoms with E-state index < -0.39 is 11.6 Å². The van der Waals surface area contributed by atoms with Gasteiger partial charge in [0.15, 0.2) is 0 Å². The molecular weight excluding hydrogens is 260 g/mol. The van der Waals surface area contributed by atoms with Crippen LogP contribution >= 0.6 is 0 Å². The Morgan fingerprint density at radius 1 is 1.20 bits per heavy atom. The van der Waals surface area contributed by atoms with Gasteiger partial charge in [0.1, 0.15) is 29.0 Å². The van der Waals surface area contributed by atoms with Gasteiger partial charge >= 0.3 is 0 Å². The highest BCUT2D eigenvalue weighted by Crippen LogP contribution is 2.30. The van der Waals surface area contributed by atoms with E-state index in [1.807, 2.05) is 25.3 Å². The Balaban J connectivity index is 2.59. The van der Waals surface area contributed by atoms with Crippen molar-refractivity contribution in [2.45, 2.75) is 39.7 Å². The molecule has 0 spiro atoms. The fourth-order valence-electron chi connectivity index (χ4n) is 2.29. The number of imidazole rings is 1. The van der Waals surface area contributed by atoms with E-state index in [0.29, 0.717) is 17.1 Å². The summed E-state index contributed by atoms with van der Waals surface area (Å²) in [5.74, 6) is 0.228. The summed E-state index contributed by atoms with van der Waals surface area (Å²) in [4.78, 5) is 4.48. The number of anilines is 1. The molecule has 0 unspecified atom stereocenters. The largest absolute Gasteiger partial charge is 0.383 e. The molecule has 2 rings (SSSR count). The Bertz CT molecular complexity index is 598. The zero-order valence-electron chi connectivity index (χ0n) is 12.0. The first-order valence-corrected chi connectivity index (χ1v) is 6.76. The van der Waals surface area contributed by atoms with Crippen molar-refractivity contribution in [1.82, 2.24) is 9.55 Å². The predicted octanol–water partition coefficient (Wildman–Crippen LogP) is 3.94. The lowest BCUT2D eigenvalue weighted by Crippen LogP contribution is -2.08. The van der Waals surface area contributed by atoms with Gasteiger partial charge < -0.3 is 10.3 Å². The number of rotatable bonds is 4. The molecule has 1 aromatic carbocycles. The van der Waals surface area contributed by atoms with Gasteiger partial charge in [-0.15, -0.1) is 0 Å². The summed E-state index contributed by atoms with van der Waals surface area (Å²) >= 11 is 0. The molecule has 1 heterocycles. The zero-order chi connectivity index (χ0) is 14.9. The highest BCUT2D eigenvalue weighted by molar-refractivity contribution is 5.71. The number of benzene rings is 1. The minimum atomic E-state index is -0.629. The highest BCUT2D eigenvalue weighted by Gasteiger charge is 2.18. The number of hydrogen-bond acceptors (Lipinski definition) is 2. The summed E-state index contributed by atoms with van der Waals surface area (Å²) in [5, 5.41) is 0. The molecule has 0 atom stereocenters. The van der Waals surface area contributed by atoms with Gasteiger partial charge in [0, 0.05) is 24.1 Å². The molecule has 0 aliphatic heterocycles. The van der Waals surface area contributed by atoms with Gasteiger partial charge in [0.05, 0.1) is 0 Å². The lowest BCUT2D eigenvalue weighted by Gasteiger charge is -2.10. The van der Waals surface area contributed by atoms with E-state index in [1.54, 1.807) is 0 Å². The van der Waals surface area contributed by atoms with Crippen LogP contribution in [0.4, 0.5) is 14.6 Å². The van der Waals surface area contributed by atoms with E-state index in [0.717, 1.165) is 24.9 Å². The van der Waals surface area contributed by atoms with Crippen molar-refractivity contribution in [3.05, 3.63) is 35.7 Å². The third kappa shape index (κ3) is 2.66. The molecule has 0 aliphatic rings. The van der Waals surface area contributed by atoms with Crippen molar-refractivity contribution in [2.24, 2.45) is 0 Å². The van der Waals surface area contributed by atoms with Gasteiger partial charge in [0.25, 0.3) is 0 Å². The van der Waals surface area contributed by atoms with Gasteiger partial charge in [-0.2, -0.15) is 0 Å². The fourth-order valence-corrected chi connectivity index (χ4v) is 2.29. The zero-order valence-corrected chi connectivity index (χ0v) is 12.0. The van der Waals surface area contributed by atoms with E-state index >= 15 is 0 Å². The van der Waals surface area contributed by atoms with Crippen molar-refractivity contribution < 1.29 is 8.78 Å². The molecule has 0 amide bonds. The van der Waals surface area contributed by atoms with E-state index in [2.05, 4.69) is 4.98 Å². The van der Waals surface area contributed by atoms with Crippen molar-refractivity contribution in [3.8, 4) is 11.3 Å². The first kappa shape index (κ1) is 14.5. The lowest BCUT2D eigenvalue weighted by atomic mass is 10.1. The maximum atomic E-state index is 13.3. The van der Waals surface area contributed by atoms with Gasteiger partial charge in [0.2, 0.25) is 0 Å². The van der Waals surface area contributed by atoms with E-state index in [1.165, 1.54) is 12.1 Å². The second kappa shape index (κ2) is 5.61. The van der Waals surface area contributed by atoms with Crippen LogP contribution in [0.2, 0.25) is 0 Å². The fraction of sp³-hybridized carbons (Fsp3) is 0.400. The van der Waals surface area contributed by atoms with E-state index in [4.69, 9.17) is 5.73 Å². The van der Waals surface area contributed by atoms with Crippen LogP contribution in [0.15, 0.2) is 18.2 Å². The number of nitrogens with two attached hydrogens (primary N) is 1. The summed E-state index contributed by atoms with van der Waals surface area (Å²) in [6.07, 6.45) is 0.914. The highest BCUT2D eigenvalue weighted by atomic mass is 19.1. The van der Waals surface area contributed by atoms with Crippen LogP contribution in [0.3, 0.4) is 0 Å². The number of nitrogens with zero attached hydrogens (tertiary/aromatic N) is 2. The molecule has 0 fully saturated rings. The minimum Gasteiger partial charge on any atom is -0.383 e. The third-order valence-electron chi connectivity index (χ3n) is 3.14. The van der Waals surface area contributed by atoms with Crippen LogP contribution in [-0.4, -0.2) is 9.55 Å². The van der Waals surface area contributed by atoms with Crippen LogP contribution in [-0.2, 0) is 6.54 Å². The van der Waals surface area contributed by atoms with E-state index in [9.17, 15) is 8.78 Å². The molecule has 3 nitrogen and oxygen atoms in total. The van der Waals surface area contributed by atoms with Crippen LogP contribution < -0.4 is 5.73 Å². The molecule has 0 bridgehead atoms. The minimum absolute atomic E-state index is 0.191. The lowest BCUT2D eigenvalue weighted by molar-refractivity contribution is 0.584. The molecule has 0 saturated carbocycles. The van der Waals surface area contributed by atoms with Crippen molar-refractivity contribution in [3.63, 3.8) is 0 Å². The Morgan fingerprint density at radius 3 is 2.30 bits per heavy atom. The molecule has 0 saturated heterocycles. The maximum Gasteiger partial charge on any atom is 0.131 e. The van der Waals surface area contributed by atoms with Crippen LogP contribution in [0.1, 0.15) is 38.9 Å². The summed E-state index contributed by atoms with van der Waals surface area (Å²) in [6.45, 7) is 6.82. The first-order chi connectivity index (χ1) is 9.43. The molecule has 0 radical (unpaired) electrons. The second-order valence-electron chi connectivity index (χ2n) is 5.17. The SMILES string of the molecule is CCCn1c(C(C)C)nc(-c2cc(F)cc(F)c2)c1N. The molecule has 1 aromatic heterocycles. The van der Waals surface area contributed by atoms with Gasteiger partial charge in [-0.3, -0.25) is 0 Å². The van der Waals surface area contributed by atoms with Gasteiger partial charge in [-0.25, -0.2) is 13.8 Å².